The van der Waals surface area contributed by atoms with Crippen molar-refractivity contribution < 1.29 is 14.3 Å². The second-order valence-electron chi connectivity index (χ2n) is 5.32. The van der Waals surface area contributed by atoms with Crippen LogP contribution in [-0.4, -0.2) is 12.7 Å². The Kier molecular flexibility index (Phi) is 4.28. The maximum Gasteiger partial charge on any atom is 0.251 e. The molecule has 0 saturated heterocycles. The van der Waals surface area contributed by atoms with E-state index in [0.717, 1.165) is 29.9 Å². The van der Waals surface area contributed by atoms with E-state index in [1.807, 2.05) is 42.5 Å². The third kappa shape index (κ3) is 3.22. The lowest BCUT2D eigenvalue weighted by Gasteiger charge is -2.07. The van der Waals surface area contributed by atoms with Gasteiger partial charge in [0.2, 0.25) is 6.79 Å². The van der Waals surface area contributed by atoms with E-state index in [-0.39, 0.29) is 12.7 Å². The van der Waals surface area contributed by atoms with Gasteiger partial charge in [-0.05, 0) is 41.8 Å². The second-order valence-corrected chi connectivity index (χ2v) is 5.32. The van der Waals surface area contributed by atoms with Crippen LogP contribution in [0.4, 0.5) is 0 Å². The van der Waals surface area contributed by atoms with Crippen molar-refractivity contribution in [2.45, 2.75) is 26.3 Å². The number of aryl methyl sites for hydroxylation is 1. The summed E-state index contributed by atoms with van der Waals surface area (Å²) in [7, 11) is 0. The minimum atomic E-state index is -0.0688. The van der Waals surface area contributed by atoms with E-state index in [1.54, 1.807) is 0 Å². The number of rotatable bonds is 5. The van der Waals surface area contributed by atoms with Crippen LogP contribution in [0, 0.1) is 0 Å². The lowest BCUT2D eigenvalue weighted by Crippen LogP contribution is -2.22. The van der Waals surface area contributed by atoms with Crippen LogP contribution in [0.5, 0.6) is 11.5 Å². The van der Waals surface area contributed by atoms with Gasteiger partial charge in [0.05, 0.1) is 0 Å². The van der Waals surface area contributed by atoms with Crippen molar-refractivity contribution in [2.24, 2.45) is 0 Å². The summed E-state index contributed by atoms with van der Waals surface area (Å²) in [5, 5.41) is 2.92. The predicted octanol–water partition coefficient (Wildman–Crippen LogP) is 3.30. The lowest BCUT2D eigenvalue weighted by atomic mass is 10.1. The fourth-order valence-electron chi connectivity index (χ4n) is 2.45. The Morgan fingerprint density at radius 1 is 1.05 bits per heavy atom. The van der Waals surface area contributed by atoms with Gasteiger partial charge in [0, 0.05) is 12.1 Å². The molecule has 1 aliphatic rings. The Hall–Kier alpha value is -2.49. The normalized spacial score (nSPS) is 12.2. The summed E-state index contributed by atoms with van der Waals surface area (Å²) in [6, 6.07) is 13.5. The maximum absolute atomic E-state index is 12.2. The molecule has 0 aromatic heterocycles. The van der Waals surface area contributed by atoms with E-state index in [1.165, 1.54) is 5.56 Å². The zero-order chi connectivity index (χ0) is 15.4. The van der Waals surface area contributed by atoms with Crippen LogP contribution in [0.15, 0.2) is 42.5 Å². The van der Waals surface area contributed by atoms with E-state index in [9.17, 15) is 4.79 Å². The van der Waals surface area contributed by atoms with Crippen LogP contribution in [0.3, 0.4) is 0 Å². The molecule has 0 aliphatic carbocycles. The molecule has 2 aromatic carbocycles. The zero-order valence-corrected chi connectivity index (χ0v) is 12.6. The average molecular weight is 297 g/mol. The summed E-state index contributed by atoms with van der Waals surface area (Å²) in [5.74, 6) is 1.41. The first kappa shape index (κ1) is 14.4. The third-order valence-corrected chi connectivity index (χ3v) is 3.64. The van der Waals surface area contributed by atoms with Crippen LogP contribution in [-0.2, 0) is 13.0 Å². The molecule has 0 fully saturated rings. The summed E-state index contributed by atoms with van der Waals surface area (Å²) in [6.07, 6.45) is 2.15. The SMILES string of the molecule is CCCc1ccc(C(=O)NCc2ccc3c(c2)OCO3)cc1. The number of benzene rings is 2. The van der Waals surface area contributed by atoms with Crippen LogP contribution in [0.25, 0.3) is 0 Å². The number of ether oxygens (including phenoxy) is 2. The van der Waals surface area contributed by atoms with Gasteiger partial charge in [0.1, 0.15) is 0 Å². The fraction of sp³-hybridized carbons (Fsp3) is 0.278. The van der Waals surface area contributed by atoms with Crippen LogP contribution >= 0.6 is 0 Å². The molecule has 1 amide bonds. The Bertz CT molecular complexity index is 665. The van der Waals surface area contributed by atoms with E-state index in [0.29, 0.717) is 12.1 Å². The highest BCUT2D eigenvalue weighted by Crippen LogP contribution is 2.32. The molecule has 0 atom stereocenters. The molecule has 0 spiro atoms. The van der Waals surface area contributed by atoms with E-state index < -0.39 is 0 Å². The van der Waals surface area contributed by atoms with Crippen molar-refractivity contribution in [1.29, 1.82) is 0 Å². The van der Waals surface area contributed by atoms with Crippen molar-refractivity contribution in [3.63, 3.8) is 0 Å². The highest BCUT2D eigenvalue weighted by molar-refractivity contribution is 5.94. The molecular formula is C18H19NO3. The Morgan fingerprint density at radius 3 is 2.55 bits per heavy atom. The van der Waals surface area contributed by atoms with Crippen molar-refractivity contribution in [3.05, 3.63) is 59.2 Å². The summed E-state index contributed by atoms with van der Waals surface area (Å²) in [4.78, 5) is 12.2. The maximum atomic E-state index is 12.2. The number of fused-ring (bicyclic) bond motifs is 1. The predicted molar refractivity (Wildman–Crippen MR) is 84.2 cm³/mol. The topological polar surface area (TPSA) is 47.6 Å². The smallest absolute Gasteiger partial charge is 0.251 e. The Morgan fingerprint density at radius 2 is 1.77 bits per heavy atom. The fourth-order valence-corrected chi connectivity index (χ4v) is 2.45. The first-order valence-corrected chi connectivity index (χ1v) is 7.52. The van der Waals surface area contributed by atoms with Gasteiger partial charge in [-0.3, -0.25) is 4.79 Å². The van der Waals surface area contributed by atoms with Crippen LogP contribution < -0.4 is 14.8 Å². The number of carbonyl (C=O) groups is 1. The Balaban J connectivity index is 1.60. The van der Waals surface area contributed by atoms with Crippen molar-refractivity contribution in [3.8, 4) is 11.5 Å². The molecular weight excluding hydrogens is 278 g/mol. The number of amides is 1. The molecule has 3 rings (SSSR count). The molecule has 0 unspecified atom stereocenters. The summed E-state index contributed by atoms with van der Waals surface area (Å²) in [5.41, 5.74) is 2.93. The molecule has 0 radical (unpaired) electrons. The molecule has 4 heteroatoms. The van der Waals surface area contributed by atoms with E-state index in [2.05, 4.69) is 12.2 Å². The van der Waals surface area contributed by atoms with Gasteiger partial charge in [0.25, 0.3) is 5.91 Å². The summed E-state index contributed by atoms with van der Waals surface area (Å²) >= 11 is 0. The largest absolute Gasteiger partial charge is 0.454 e. The summed E-state index contributed by atoms with van der Waals surface area (Å²) in [6.45, 7) is 2.87. The quantitative estimate of drug-likeness (QED) is 0.921. The Labute approximate surface area is 130 Å². The first-order valence-electron chi connectivity index (χ1n) is 7.52. The van der Waals surface area contributed by atoms with Gasteiger partial charge in [-0.1, -0.05) is 31.5 Å². The first-order chi connectivity index (χ1) is 10.8. The van der Waals surface area contributed by atoms with Gasteiger partial charge in [-0.2, -0.15) is 0 Å². The minimum absolute atomic E-state index is 0.0688. The third-order valence-electron chi connectivity index (χ3n) is 3.64. The molecule has 1 aliphatic heterocycles. The van der Waals surface area contributed by atoms with Gasteiger partial charge in [-0.15, -0.1) is 0 Å². The summed E-state index contributed by atoms with van der Waals surface area (Å²) < 4.78 is 10.6. The van der Waals surface area contributed by atoms with Gasteiger partial charge >= 0.3 is 0 Å². The van der Waals surface area contributed by atoms with Crippen molar-refractivity contribution in [1.82, 2.24) is 5.32 Å². The molecule has 1 heterocycles. The standard InChI is InChI=1S/C18H19NO3/c1-2-3-13-4-7-15(8-5-13)18(20)19-11-14-6-9-16-17(10-14)22-12-21-16/h4-10H,2-3,11-12H2,1H3,(H,19,20). The van der Waals surface area contributed by atoms with Gasteiger partial charge in [0.15, 0.2) is 11.5 Å². The number of nitrogens with one attached hydrogen (secondary N) is 1. The van der Waals surface area contributed by atoms with Crippen LogP contribution in [0.2, 0.25) is 0 Å². The molecule has 2 aromatic rings. The number of carbonyl (C=O) groups excluding carboxylic acids is 1. The molecule has 0 bridgehead atoms. The molecule has 0 saturated carbocycles. The van der Waals surface area contributed by atoms with E-state index >= 15 is 0 Å². The molecule has 114 valence electrons. The second kappa shape index (κ2) is 6.52. The highest BCUT2D eigenvalue weighted by Gasteiger charge is 2.13. The monoisotopic (exact) mass is 297 g/mol. The molecule has 22 heavy (non-hydrogen) atoms. The molecule has 4 nitrogen and oxygen atoms in total. The van der Waals surface area contributed by atoms with Crippen molar-refractivity contribution >= 4 is 5.91 Å². The van der Waals surface area contributed by atoms with Crippen LogP contribution in [0.1, 0.15) is 34.8 Å². The zero-order valence-electron chi connectivity index (χ0n) is 12.6. The minimum Gasteiger partial charge on any atom is -0.454 e. The number of hydrogen-bond acceptors (Lipinski definition) is 3. The average Bonchev–Trinajstić information content (AvgIpc) is 3.01. The van der Waals surface area contributed by atoms with E-state index in [4.69, 9.17) is 9.47 Å². The lowest BCUT2D eigenvalue weighted by molar-refractivity contribution is 0.0951. The highest BCUT2D eigenvalue weighted by atomic mass is 16.7. The van der Waals surface area contributed by atoms with Crippen molar-refractivity contribution in [2.75, 3.05) is 6.79 Å². The number of hydrogen-bond donors (Lipinski definition) is 1. The van der Waals surface area contributed by atoms with Gasteiger partial charge in [-0.25, -0.2) is 0 Å². The molecule has 1 N–H and O–H groups in total. The van der Waals surface area contributed by atoms with Gasteiger partial charge < -0.3 is 14.8 Å².